The Morgan fingerprint density at radius 3 is 2.65 bits per heavy atom. The lowest BCUT2D eigenvalue weighted by Crippen LogP contribution is -1.95. The van der Waals surface area contributed by atoms with Crippen LogP contribution in [0.4, 0.5) is 8.78 Å². The van der Waals surface area contributed by atoms with Crippen LogP contribution in [-0.4, -0.2) is 26.4 Å². The van der Waals surface area contributed by atoms with Crippen molar-refractivity contribution in [2.45, 2.75) is 0 Å². The van der Waals surface area contributed by atoms with Crippen molar-refractivity contribution in [1.29, 1.82) is 0 Å². The van der Waals surface area contributed by atoms with Gasteiger partial charge < -0.3 is 10.2 Å². The topological polar surface area (TPSA) is 86.2 Å². The fourth-order valence-electron chi connectivity index (χ4n) is 1.34. The molecule has 0 aliphatic carbocycles. The summed E-state index contributed by atoms with van der Waals surface area (Å²) in [5.74, 6) is -4.25. The third kappa shape index (κ3) is 1.82. The predicted molar refractivity (Wildman–Crippen MR) is 52.6 cm³/mol. The van der Waals surface area contributed by atoms with Gasteiger partial charge in [-0.3, -0.25) is 5.10 Å². The van der Waals surface area contributed by atoms with E-state index in [1.807, 2.05) is 0 Å². The standard InChI is InChI=1S/C10H6F2N2O3/c11-4-1-2-7(15)8(9(4)12)5-3-6(10(16)17)14-13-5/h1-3,15H,(H,13,14)(H,16,17). The van der Waals surface area contributed by atoms with E-state index >= 15 is 0 Å². The van der Waals surface area contributed by atoms with E-state index in [0.29, 0.717) is 0 Å². The van der Waals surface area contributed by atoms with Crippen molar-refractivity contribution in [1.82, 2.24) is 10.2 Å². The van der Waals surface area contributed by atoms with Crippen LogP contribution in [0, 0.1) is 11.6 Å². The molecular formula is C10H6F2N2O3. The van der Waals surface area contributed by atoms with Crippen LogP contribution < -0.4 is 0 Å². The molecule has 2 rings (SSSR count). The van der Waals surface area contributed by atoms with Gasteiger partial charge in [0.2, 0.25) is 0 Å². The minimum Gasteiger partial charge on any atom is -0.507 e. The van der Waals surface area contributed by atoms with Crippen LogP contribution in [0.15, 0.2) is 18.2 Å². The van der Waals surface area contributed by atoms with Gasteiger partial charge in [0.1, 0.15) is 11.4 Å². The highest BCUT2D eigenvalue weighted by Gasteiger charge is 2.19. The molecule has 0 atom stereocenters. The van der Waals surface area contributed by atoms with Crippen LogP contribution in [0.1, 0.15) is 10.5 Å². The molecule has 0 saturated carbocycles. The fraction of sp³-hybridized carbons (Fsp3) is 0. The first-order chi connectivity index (χ1) is 8.00. The highest BCUT2D eigenvalue weighted by Crippen LogP contribution is 2.32. The summed E-state index contributed by atoms with van der Waals surface area (Å²) in [4.78, 5) is 10.6. The molecule has 0 radical (unpaired) electrons. The molecule has 0 amide bonds. The number of phenols is 1. The van der Waals surface area contributed by atoms with Gasteiger partial charge in [-0.2, -0.15) is 5.10 Å². The zero-order chi connectivity index (χ0) is 12.6. The fourth-order valence-corrected chi connectivity index (χ4v) is 1.34. The molecule has 0 unspecified atom stereocenters. The van der Waals surface area contributed by atoms with Crippen molar-refractivity contribution in [3.05, 3.63) is 35.5 Å². The molecule has 0 fully saturated rings. The second-order valence-corrected chi connectivity index (χ2v) is 3.23. The van der Waals surface area contributed by atoms with Gasteiger partial charge in [0.25, 0.3) is 0 Å². The van der Waals surface area contributed by atoms with E-state index in [1.165, 1.54) is 0 Å². The maximum atomic E-state index is 13.4. The zero-order valence-corrected chi connectivity index (χ0v) is 8.24. The Hall–Kier alpha value is -2.44. The molecular weight excluding hydrogens is 234 g/mol. The molecule has 17 heavy (non-hydrogen) atoms. The predicted octanol–water partition coefficient (Wildman–Crippen LogP) is 1.76. The molecule has 0 spiro atoms. The third-order valence-corrected chi connectivity index (χ3v) is 2.14. The first-order valence-electron chi connectivity index (χ1n) is 4.46. The van der Waals surface area contributed by atoms with Crippen molar-refractivity contribution in [2.75, 3.05) is 0 Å². The molecule has 0 aliphatic heterocycles. The lowest BCUT2D eigenvalue weighted by molar-refractivity contribution is 0.0690. The van der Waals surface area contributed by atoms with Gasteiger partial charge in [-0.05, 0) is 18.2 Å². The molecule has 2 aromatic rings. The minimum atomic E-state index is -1.29. The maximum absolute atomic E-state index is 13.4. The van der Waals surface area contributed by atoms with E-state index in [-0.39, 0.29) is 11.4 Å². The van der Waals surface area contributed by atoms with Crippen LogP contribution >= 0.6 is 0 Å². The van der Waals surface area contributed by atoms with Crippen molar-refractivity contribution < 1.29 is 23.8 Å². The number of halogens is 2. The number of hydrogen-bond acceptors (Lipinski definition) is 3. The number of H-pyrrole nitrogens is 1. The van der Waals surface area contributed by atoms with Crippen molar-refractivity contribution in [3.8, 4) is 17.0 Å². The van der Waals surface area contributed by atoms with Gasteiger partial charge in [0, 0.05) is 0 Å². The second-order valence-electron chi connectivity index (χ2n) is 3.23. The average Bonchev–Trinajstić information content (AvgIpc) is 2.73. The van der Waals surface area contributed by atoms with Gasteiger partial charge in [0.05, 0.1) is 11.3 Å². The number of nitrogens with one attached hydrogen (secondary N) is 1. The Kier molecular flexibility index (Phi) is 2.51. The summed E-state index contributed by atoms with van der Waals surface area (Å²) in [6.45, 7) is 0. The molecule has 0 aliphatic rings. The van der Waals surface area contributed by atoms with Crippen molar-refractivity contribution in [3.63, 3.8) is 0 Å². The van der Waals surface area contributed by atoms with Gasteiger partial charge in [0.15, 0.2) is 11.6 Å². The molecule has 88 valence electrons. The van der Waals surface area contributed by atoms with E-state index in [1.54, 1.807) is 0 Å². The highest BCUT2D eigenvalue weighted by atomic mass is 19.2. The maximum Gasteiger partial charge on any atom is 0.353 e. The van der Waals surface area contributed by atoms with E-state index < -0.39 is 28.9 Å². The van der Waals surface area contributed by atoms with Crippen LogP contribution in [0.25, 0.3) is 11.3 Å². The number of aromatic carboxylic acids is 1. The SMILES string of the molecule is O=C(O)c1cc(-c2c(O)ccc(F)c2F)n[nH]1. The van der Waals surface area contributed by atoms with Crippen molar-refractivity contribution in [2.24, 2.45) is 0 Å². The zero-order valence-electron chi connectivity index (χ0n) is 8.24. The number of aromatic hydroxyl groups is 1. The van der Waals surface area contributed by atoms with Crippen LogP contribution in [0.2, 0.25) is 0 Å². The molecule has 1 aromatic heterocycles. The monoisotopic (exact) mass is 240 g/mol. The van der Waals surface area contributed by atoms with Crippen LogP contribution in [-0.2, 0) is 0 Å². The first-order valence-corrected chi connectivity index (χ1v) is 4.46. The van der Waals surface area contributed by atoms with Crippen LogP contribution in [0.3, 0.4) is 0 Å². The Bertz CT molecular complexity index is 595. The van der Waals surface area contributed by atoms with E-state index in [9.17, 15) is 18.7 Å². The van der Waals surface area contributed by atoms with E-state index in [4.69, 9.17) is 5.11 Å². The number of phenolic OH excluding ortho intramolecular Hbond substituents is 1. The number of nitrogens with zero attached hydrogens (tertiary/aromatic N) is 1. The largest absolute Gasteiger partial charge is 0.507 e. The molecule has 3 N–H and O–H groups in total. The normalized spacial score (nSPS) is 10.5. The number of benzene rings is 1. The molecule has 5 nitrogen and oxygen atoms in total. The minimum absolute atomic E-state index is 0.183. The first kappa shape index (κ1) is 11.1. The number of carboxylic acids is 1. The summed E-state index contributed by atoms with van der Waals surface area (Å²) in [5, 5.41) is 23.7. The highest BCUT2D eigenvalue weighted by molar-refractivity contribution is 5.87. The average molecular weight is 240 g/mol. The Morgan fingerprint density at radius 2 is 2.06 bits per heavy atom. The molecule has 1 heterocycles. The number of carboxylic acid groups (broad SMARTS) is 1. The summed E-state index contributed by atoms with van der Waals surface area (Å²) in [7, 11) is 0. The number of hydrogen-bond donors (Lipinski definition) is 3. The summed E-state index contributed by atoms with van der Waals surface area (Å²) in [5.41, 5.74) is -0.950. The lowest BCUT2D eigenvalue weighted by atomic mass is 10.1. The van der Waals surface area contributed by atoms with Crippen LogP contribution in [0.5, 0.6) is 5.75 Å². The lowest BCUT2D eigenvalue weighted by Gasteiger charge is -2.02. The Morgan fingerprint density at radius 1 is 1.35 bits per heavy atom. The van der Waals surface area contributed by atoms with E-state index in [0.717, 1.165) is 18.2 Å². The number of carbonyl (C=O) groups is 1. The number of aromatic amines is 1. The van der Waals surface area contributed by atoms with Gasteiger partial charge in [-0.15, -0.1) is 0 Å². The number of aromatic nitrogens is 2. The van der Waals surface area contributed by atoms with Crippen molar-refractivity contribution >= 4 is 5.97 Å². The Labute approximate surface area is 93.3 Å². The van der Waals surface area contributed by atoms with Gasteiger partial charge in [-0.1, -0.05) is 0 Å². The smallest absolute Gasteiger partial charge is 0.353 e. The number of rotatable bonds is 2. The molecule has 0 bridgehead atoms. The third-order valence-electron chi connectivity index (χ3n) is 2.14. The summed E-state index contributed by atoms with van der Waals surface area (Å²) >= 11 is 0. The van der Waals surface area contributed by atoms with E-state index in [2.05, 4.69) is 10.2 Å². The Balaban J connectivity index is 2.60. The molecule has 1 aromatic carbocycles. The molecule has 7 heteroatoms. The summed E-state index contributed by atoms with van der Waals surface area (Å²) in [6.07, 6.45) is 0. The van der Waals surface area contributed by atoms with Gasteiger partial charge in [-0.25, -0.2) is 13.6 Å². The second kappa shape index (κ2) is 3.85. The molecule has 0 saturated heterocycles. The summed E-state index contributed by atoms with van der Waals surface area (Å²) < 4.78 is 26.4. The quantitative estimate of drug-likeness (QED) is 0.746. The summed E-state index contributed by atoms with van der Waals surface area (Å²) in [6, 6.07) is 2.72. The van der Waals surface area contributed by atoms with Gasteiger partial charge >= 0.3 is 5.97 Å².